The Labute approximate surface area is 82.4 Å². The molecule has 1 heteroatoms. The van der Waals surface area contributed by atoms with Crippen LogP contribution in [0.15, 0.2) is 54.7 Å². The van der Waals surface area contributed by atoms with Crippen LogP contribution in [-0.2, 0) is 0 Å². The van der Waals surface area contributed by atoms with E-state index in [4.69, 9.17) is 0 Å². The fourth-order valence-electron chi connectivity index (χ4n) is 1.83. The third-order valence-corrected chi connectivity index (χ3v) is 2.50. The molecule has 2 aliphatic rings. The Morgan fingerprint density at radius 2 is 1.57 bits per heavy atom. The van der Waals surface area contributed by atoms with Crippen molar-refractivity contribution in [3.63, 3.8) is 0 Å². The minimum Gasteiger partial charge on any atom is -0.256 e. The van der Waals surface area contributed by atoms with Crippen LogP contribution >= 0.6 is 0 Å². The topological polar surface area (TPSA) is 12.9 Å². The average Bonchev–Trinajstić information content (AvgIpc) is 2.61. The van der Waals surface area contributed by atoms with E-state index in [-0.39, 0.29) is 0 Å². The molecule has 0 spiro atoms. The highest BCUT2D eigenvalue weighted by atomic mass is 14.6. The summed E-state index contributed by atoms with van der Waals surface area (Å²) in [6.07, 6.45) is 1.84. The molecule has 3 rings (SSSR count). The van der Waals surface area contributed by atoms with Gasteiger partial charge in [0.05, 0.1) is 5.52 Å². The van der Waals surface area contributed by atoms with Gasteiger partial charge in [0.1, 0.15) is 0 Å². The number of aromatic nitrogens is 1. The molecule has 1 aromatic heterocycles. The third-order valence-electron chi connectivity index (χ3n) is 2.50. The summed E-state index contributed by atoms with van der Waals surface area (Å²) in [5, 5.41) is 1.19. The summed E-state index contributed by atoms with van der Waals surface area (Å²) in [4.78, 5) is 4.42. The first-order valence-electron chi connectivity index (χ1n) is 4.68. The van der Waals surface area contributed by atoms with E-state index in [9.17, 15) is 0 Å². The van der Waals surface area contributed by atoms with Gasteiger partial charge < -0.3 is 0 Å². The van der Waals surface area contributed by atoms with E-state index in [1.54, 1.807) is 0 Å². The van der Waals surface area contributed by atoms with Gasteiger partial charge in [-0.15, -0.1) is 0 Å². The van der Waals surface area contributed by atoms with Gasteiger partial charge in [-0.05, 0) is 11.6 Å². The van der Waals surface area contributed by atoms with Crippen LogP contribution in [0.1, 0.15) is 0 Å². The van der Waals surface area contributed by atoms with Crippen molar-refractivity contribution in [2.24, 2.45) is 0 Å². The Morgan fingerprint density at radius 3 is 2.50 bits per heavy atom. The third kappa shape index (κ3) is 0.990. The molecule has 1 nitrogen and oxygen atoms in total. The van der Waals surface area contributed by atoms with Gasteiger partial charge in [-0.25, -0.2) is 0 Å². The molecule has 0 amide bonds. The second kappa shape index (κ2) is 2.81. The molecule has 14 heavy (non-hydrogen) atoms. The van der Waals surface area contributed by atoms with E-state index in [0.717, 1.165) is 5.52 Å². The molecule has 1 heterocycles. The SMILES string of the molecule is c1cc2cccc3cccnc3c-2c1. The van der Waals surface area contributed by atoms with Crippen molar-refractivity contribution in [2.75, 3.05) is 0 Å². The monoisotopic (exact) mass is 179 g/mol. The lowest BCUT2D eigenvalue weighted by atomic mass is 10.1. The van der Waals surface area contributed by atoms with Crippen molar-refractivity contribution in [2.45, 2.75) is 0 Å². The van der Waals surface area contributed by atoms with Crippen LogP contribution in [0.3, 0.4) is 0 Å². The van der Waals surface area contributed by atoms with Crippen LogP contribution in [0.2, 0.25) is 0 Å². The molecule has 0 bridgehead atoms. The Balaban J connectivity index is 2.56. The molecule has 1 aromatic rings. The average molecular weight is 179 g/mol. The first kappa shape index (κ1) is 7.51. The van der Waals surface area contributed by atoms with E-state index in [1.165, 1.54) is 16.5 Å². The molecule has 2 aliphatic carbocycles. The van der Waals surface area contributed by atoms with Gasteiger partial charge in [0.2, 0.25) is 0 Å². The molecule has 0 saturated heterocycles. The molecule has 0 aliphatic heterocycles. The van der Waals surface area contributed by atoms with Crippen molar-refractivity contribution in [1.82, 2.24) is 4.98 Å². The van der Waals surface area contributed by atoms with Gasteiger partial charge in [0, 0.05) is 17.1 Å². The molecule has 0 aromatic carbocycles. The number of fused-ring (bicyclic) bond motifs is 3. The highest BCUT2D eigenvalue weighted by Gasteiger charge is 2.04. The molecule has 0 unspecified atom stereocenters. The van der Waals surface area contributed by atoms with Gasteiger partial charge in [0.15, 0.2) is 0 Å². The van der Waals surface area contributed by atoms with E-state index < -0.39 is 0 Å². The highest BCUT2D eigenvalue weighted by molar-refractivity contribution is 5.93. The second-order valence-corrected chi connectivity index (χ2v) is 3.36. The highest BCUT2D eigenvalue weighted by Crippen LogP contribution is 2.28. The fraction of sp³-hybridized carbons (Fsp3) is 0. The van der Waals surface area contributed by atoms with Crippen molar-refractivity contribution >= 4 is 10.9 Å². The summed E-state index contributed by atoms with van der Waals surface area (Å²) in [6, 6.07) is 16.7. The molecule has 0 fully saturated rings. The molecule has 0 radical (unpaired) electrons. The number of pyridine rings is 1. The second-order valence-electron chi connectivity index (χ2n) is 3.36. The van der Waals surface area contributed by atoms with Crippen molar-refractivity contribution < 1.29 is 0 Å². The van der Waals surface area contributed by atoms with Gasteiger partial charge in [-0.3, -0.25) is 4.98 Å². The summed E-state index contributed by atoms with van der Waals surface area (Å²) in [7, 11) is 0. The minimum atomic E-state index is 1.08. The maximum Gasteiger partial charge on any atom is 0.0780 e. The van der Waals surface area contributed by atoms with Crippen LogP contribution in [0.4, 0.5) is 0 Å². The van der Waals surface area contributed by atoms with Crippen LogP contribution in [0.25, 0.3) is 22.0 Å². The first-order valence-corrected chi connectivity index (χ1v) is 4.68. The zero-order valence-corrected chi connectivity index (χ0v) is 7.64. The van der Waals surface area contributed by atoms with Crippen molar-refractivity contribution in [3.05, 3.63) is 54.7 Å². The smallest absolute Gasteiger partial charge is 0.0780 e. The van der Waals surface area contributed by atoms with Gasteiger partial charge in [-0.2, -0.15) is 0 Å². The lowest BCUT2D eigenvalue weighted by molar-refractivity contribution is 1.42. The Hall–Kier alpha value is -1.89. The lowest BCUT2D eigenvalue weighted by Crippen LogP contribution is -1.75. The molecule has 66 valence electrons. The maximum atomic E-state index is 4.42. The molecule has 0 atom stereocenters. The van der Waals surface area contributed by atoms with E-state index in [0.29, 0.717) is 0 Å². The zero-order valence-electron chi connectivity index (χ0n) is 7.64. The predicted octanol–water partition coefficient (Wildman–Crippen LogP) is 3.34. The summed E-state index contributed by atoms with van der Waals surface area (Å²) < 4.78 is 0. The quantitative estimate of drug-likeness (QED) is 0.515. The van der Waals surface area contributed by atoms with Crippen LogP contribution in [-0.4, -0.2) is 4.98 Å². The van der Waals surface area contributed by atoms with E-state index >= 15 is 0 Å². The zero-order chi connectivity index (χ0) is 9.38. The van der Waals surface area contributed by atoms with Crippen molar-refractivity contribution in [1.29, 1.82) is 0 Å². The van der Waals surface area contributed by atoms with Crippen molar-refractivity contribution in [3.8, 4) is 11.1 Å². The first-order chi connectivity index (χ1) is 6.95. The van der Waals surface area contributed by atoms with Gasteiger partial charge >= 0.3 is 0 Å². The number of rotatable bonds is 0. The number of hydrogen-bond acceptors (Lipinski definition) is 1. The Kier molecular flexibility index (Phi) is 1.51. The van der Waals surface area contributed by atoms with E-state index in [1.807, 2.05) is 12.3 Å². The molecular weight excluding hydrogens is 170 g/mol. The van der Waals surface area contributed by atoms with Crippen LogP contribution in [0, 0.1) is 0 Å². The fourth-order valence-corrected chi connectivity index (χ4v) is 1.83. The van der Waals surface area contributed by atoms with Gasteiger partial charge in [0.25, 0.3) is 0 Å². The summed E-state index contributed by atoms with van der Waals surface area (Å²) >= 11 is 0. The molecule has 0 saturated carbocycles. The molecular formula is C13H9N. The Bertz CT molecular complexity index is 557. The Morgan fingerprint density at radius 1 is 0.786 bits per heavy atom. The van der Waals surface area contributed by atoms with Gasteiger partial charge in [-0.1, -0.05) is 42.5 Å². The largest absolute Gasteiger partial charge is 0.256 e. The van der Waals surface area contributed by atoms with Crippen LogP contribution in [0.5, 0.6) is 0 Å². The lowest BCUT2D eigenvalue weighted by Gasteiger charge is -1.95. The number of nitrogens with zero attached hydrogens (tertiary/aromatic N) is 1. The maximum absolute atomic E-state index is 4.42. The molecule has 0 N–H and O–H groups in total. The van der Waals surface area contributed by atoms with E-state index in [2.05, 4.69) is 47.4 Å². The minimum absolute atomic E-state index is 1.08. The normalized spacial score (nSPS) is 10.9. The summed E-state index contributed by atoms with van der Waals surface area (Å²) in [5.41, 5.74) is 3.56. The standard InChI is InChI=1S/C13H9N/c1-4-10-5-2-8-12(10)13-11(6-1)7-3-9-14-13/h1-9H. The van der Waals surface area contributed by atoms with Crippen LogP contribution < -0.4 is 0 Å². The summed E-state index contributed by atoms with van der Waals surface area (Å²) in [6.45, 7) is 0. The predicted molar refractivity (Wildman–Crippen MR) is 58.4 cm³/mol. The number of hydrogen-bond donors (Lipinski definition) is 0. The summed E-state index contributed by atoms with van der Waals surface area (Å²) in [5.74, 6) is 0.